The average Bonchev–Trinajstić information content (AvgIpc) is 2.74. The molecule has 0 radical (unpaired) electrons. The second-order valence-electron chi connectivity index (χ2n) is 6.66. The molecule has 0 bridgehead atoms. The Balaban J connectivity index is 1.53. The summed E-state index contributed by atoms with van der Waals surface area (Å²) in [5, 5.41) is 11.0. The number of benzene rings is 2. The molecule has 150 valence electrons. The van der Waals surface area contributed by atoms with E-state index in [9.17, 15) is 14.4 Å². The van der Waals surface area contributed by atoms with Gasteiger partial charge in [0.2, 0.25) is 0 Å². The molecule has 2 atom stereocenters. The summed E-state index contributed by atoms with van der Waals surface area (Å²) in [7, 11) is 0. The molecular formula is C21H22N4O4. The van der Waals surface area contributed by atoms with Crippen molar-refractivity contribution in [2.75, 3.05) is 0 Å². The maximum atomic E-state index is 12.4. The number of hydrogen-bond acceptors (Lipinski definition) is 6. The van der Waals surface area contributed by atoms with Crippen molar-refractivity contribution in [3.8, 4) is 0 Å². The van der Waals surface area contributed by atoms with Gasteiger partial charge in [-0.1, -0.05) is 47.7 Å². The zero-order valence-corrected chi connectivity index (χ0v) is 16.2. The molecule has 0 aliphatic heterocycles. The Kier molecular flexibility index (Phi) is 6.33. The molecule has 8 heteroatoms. The molecule has 1 heterocycles. The number of rotatable bonds is 7. The Hall–Kier alpha value is -3.55. The molecule has 3 rings (SSSR count). The molecule has 29 heavy (non-hydrogen) atoms. The molecule has 0 fully saturated rings. The Morgan fingerprint density at radius 3 is 2.52 bits per heavy atom. The van der Waals surface area contributed by atoms with Gasteiger partial charge in [0.05, 0.1) is 24.4 Å². The minimum Gasteiger partial charge on any atom is -0.452 e. The molecule has 3 aromatic rings. The van der Waals surface area contributed by atoms with Gasteiger partial charge in [0.15, 0.2) is 6.10 Å². The van der Waals surface area contributed by atoms with Crippen LogP contribution in [0, 0.1) is 0 Å². The summed E-state index contributed by atoms with van der Waals surface area (Å²) < 4.78 is 6.30. The molecule has 0 aliphatic carbocycles. The zero-order chi connectivity index (χ0) is 20.8. The molecular weight excluding hydrogens is 372 g/mol. The largest absolute Gasteiger partial charge is 0.452 e. The Labute approximate surface area is 167 Å². The lowest BCUT2D eigenvalue weighted by molar-refractivity contribution is -0.155. The molecule has 1 N–H and O–H groups in total. The van der Waals surface area contributed by atoms with Crippen LogP contribution in [0.1, 0.15) is 31.9 Å². The fourth-order valence-electron chi connectivity index (χ4n) is 2.83. The van der Waals surface area contributed by atoms with Crippen molar-refractivity contribution in [3.63, 3.8) is 0 Å². The normalized spacial score (nSPS) is 12.9. The zero-order valence-electron chi connectivity index (χ0n) is 16.2. The van der Waals surface area contributed by atoms with Crippen LogP contribution in [-0.4, -0.2) is 33.0 Å². The van der Waals surface area contributed by atoms with Crippen molar-refractivity contribution in [2.24, 2.45) is 0 Å². The van der Waals surface area contributed by atoms with Crippen molar-refractivity contribution in [1.82, 2.24) is 20.3 Å². The number of hydrogen-bond donors (Lipinski definition) is 1. The lowest BCUT2D eigenvalue weighted by atomic mass is 10.1. The van der Waals surface area contributed by atoms with Crippen LogP contribution in [0.3, 0.4) is 0 Å². The number of aryl methyl sites for hydroxylation is 1. The van der Waals surface area contributed by atoms with E-state index in [0.29, 0.717) is 10.9 Å². The number of nitrogens with zero attached hydrogens (tertiary/aromatic N) is 3. The first kappa shape index (κ1) is 20.2. The van der Waals surface area contributed by atoms with E-state index < -0.39 is 18.0 Å². The van der Waals surface area contributed by atoms with Gasteiger partial charge in [0.1, 0.15) is 5.52 Å². The number of fused-ring (bicyclic) bond motifs is 1. The lowest BCUT2D eigenvalue weighted by Gasteiger charge is -2.18. The summed E-state index contributed by atoms with van der Waals surface area (Å²) in [5.74, 6) is -0.987. The van der Waals surface area contributed by atoms with E-state index in [4.69, 9.17) is 4.74 Å². The molecule has 0 saturated heterocycles. The van der Waals surface area contributed by atoms with Crippen LogP contribution in [0.25, 0.3) is 10.9 Å². The van der Waals surface area contributed by atoms with Crippen LogP contribution in [0.5, 0.6) is 0 Å². The van der Waals surface area contributed by atoms with Crippen LogP contribution < -0.4 is 10.9 Å². The van der Waals surface area contributed by atoms with Gasteiger partial charge in [-0.3, -0.25) is 14.4 Å². The van der Waals surface area contributed by atoms with Crippen LogP contribution in [-0.2, 0) is 20.9 Å². The first-order chi connectivity index (χ1) is 14.0. The monoisotopic (exact) mass is 394 g/mol. The molecule has 2 aromatic carbocycles. The summed E-state index contributed by atoms with van der Waals surface area (Å²) in [5.41, 5.74) is 1.12. The van der Waals surface area contributed by atoms with Crippen molar-refractivity contribution in [2.45, 2.75) is 39.0 Å². The van der Waals surface area contributed by atoms with E-state index in [-0.39, 0.29) is 24.6 Å². The topological polar surface area (TPSA) is 103 Å². The van der Waals surface area contributed by atoms with Crippen molar-refractivity contribution in [1.29, 1.82) is 0 Å². The van der Waals surface area contributed by atoms with E-state index in [1.54, 1.807) is 24.3 Å². The molecule has 0 spiro atoms. The number of esters is 1. The predicted octanol–water partition coefficient (Wildman–Crippen LogP) is 1.99. The second-order valence-corrected chi connectivity index (χ2v) is 6.66. The van der Waals surface area contributed by atoms with E-state index in [1.807, 2.05) is 37.3 Å². The third-order valence-electron chi connectivity index (χ3n) is 4.49. The van der Waals surface area contributed by atoms with Crippen molar-refractivity contribution in [3.05, 3.63) is 70.5 Å². The van der Waals surface area contributed by atoms with E-state index in [1.165, 1.54) is 6.92 Å². The highest BCUT2D eigenvalue weighted by atomic mass is 16.5. The highest BCUT2D eigenvalue weighted by Gasteiger charge is 2.20. The van der Waals surface area contributed by atoms with E-state index >= 15 is 0 Å². The van der Waals surface area contributed by atoms with Crippen molar-refractivity contribution < 1.29 is 14.3 Å². The molecule has 0 aliphatic rings. The first-order valence-electron chi connectivity index (χ1n) is 9.33. The van der Waals surface area contributed by atoms with Gasteiger partial charge >= 0.3 is 5.97 Å². The molecule has 1 aromatic heterocycles. The number of amides is 1. The number of carbonyl (C=O) groups is 2. The molecule has 8 nitrogen and oxygen atoms in total. The minimum atomic E-state index is -0.951. The Morgan fingerprint density at radius 1 is 1.07 bits per heavy atom. The molecule has 0 saturated carbocycles. The predicted molar refractivity (Wildman–Crippen MR) is 107 cm³/mol. The SMILES string of the molecule is CC(OC(=O)CCn1nnc2ccccc2c1=O)C(=O)NC(C)c1ccccc1. The summed E-state index contributed by atoms with van der Waals surface area (Å²) in [6.45, 7) is 3.38. The fourth-order valence-corrected chi connectivity index (χ4v) is 2.83. The van der Waals surface area contributed by atoms with Gasteiger partial charge in [-0.15, -0.1) is 5.10 Å². The maximum Gasteiger partial charge on any atom is 0.308 e. The highest BCUT2D eigenvalue weighted by Crippen LogP contribution is 2.11. The number of nitrogens with one attached hydrogen (secondary N) is 1. The standard InChI is InChI=1S/C21H22N4O4/c1-14(16-8-4-3-5-9-16)22-20(27)15(2)29-19(26)12-13-25-21(28)17-10-6-7-11-18(17)23-24-25/h3-11,14-15H,12-13H2,1-2H3,(H,22,27). The second kappa shape index (κ2) is 9.09. The third-order valence-corrected chi connectivity index (χ3v) is 4.49. The number of ether oxygens (including phenoxy) is 1. The lowest BCUT2D eigenvalue weighted by Crippen LogP contribution is -2.37. The Bertz CT molecular complexity index is 1060. The van der Waals surface area contributed by atoms with Crippen LogP contribution in [0.2, 0.25) is 0 Å². The summed E-state index contributed by atoms with van der Waals surface area (Å²) >= 11 is 0. The van der Waals surface area contributed by atoms with Gasteiger partial charge in [-0.05, 0) is 31.5 Å². The summed E-state index contributed by atoms with van der Waals surface area (Å²) in [4.78, 5) is 36.7. The molecule has 1 amide bonds. The van der Waals surface area contributed by atoms with Gasteiger partial charge in [0.25, 0.3) is 11.5 Å². The smallest absolute Gasteiger partial charge is 0.308 e. The van der Waals surface area contributed by atoms with Gasteiger partial charge in [-0.2, -0.15) is 0 Å². The maximum absolute atomic E-state index is 12.4. The van der Waals surface area contributed by atoms with Gasteiger partial charge in [-0.25, -0.2) is 4.68 Å². The van der Waals surface area contributed by atoms with Gasteiger partial charge < -0.3 is 10.1 Å². The minimum absolute atomic E-state index is 0.0181. The fraction of sp³-hybridized carbons (Fsp3) is 0.286. The average molecular weight is 394 g/mol. The number of aromatic nitrogens is 3. The highest BCUT2D eigenvalue weighted by molar-refractivity contribution is 5.83. The van der Waals surface area contributed by atoms with Crippen LogP contribution in [0.15, 0.2) is 59.4 Å². The number of carbonyl (C=O) groups excluding carboxylic acids is 2. The summed E-state index contributed by atoms with van der Waals surface area (Å²) in [6.07, 6.45) is -1.05. The third kappa shape index (κ3) is 5.04. The Morgan fingerprint density at radius 2 is 1.76 bits per heavy atom. The van der Waals surface area contributed by atoms with E-state index in [2.05, 4.69) is 15.6 Å². The van der Waals surface area contributed by atoms with Gasteiger partial charge in [0, 0.05) is 0 Å². The first-order valence-corrected chi connectivity index (χ1v) is 9.33. The van der Waals surface area contributed by atoms with Crippen molar-refractivity contribution >= 4 is 22.8 Å². The molecule has 2 unspecified atom stereocenters. The van der Waals surface area contributed by atoms with E-state index in [0.717, 1.165) is 10.2 Å². The quantitative estimate of drug-likeness (QED) is 0.615. The van der Waals surface area contributed by atoms with Crippen LogP contribution in [0.4, 0.5) is 0 Å². The van der Waals surface area contributed by atoms with Crippen LogP contribution >= 0.6 is 0 Å². The summed E-state index contributed by atoms with van der Waals surface area (Å²) in [6, 6.07) is 16.1.